The van der Waals surface area contributed by atoms with Crippen LogP contribution in [-0.2, 0) is 14.6 Å². The lowest BCUT2D eigenvalue weighted by Gasteiger charge is -2.36. The van der Waals surface area contributed by atoms with Crippen LogP contribution in [0.4, 0.5) is 4.79 Å². The number of amides is 1. The third-order valence-corrected chi connectivity index (χ3v) is 7.67. The molecule has 2 aromatic heterocycles. The summed E-state index contributed by atoms with van der Waals surface area (Å²) < 4.78 is 37.5. The minimum absolute atomic E-state index is 0.00848. The van der Waals surface area contributed by atoms with E-state index in [1.807, 2.05) is 13.0 Å². The molecule has 0 unspecified atom stereocenters. The Morgan fingerprint density at radius 2 is 1.97 bits per heavy atom. The van der Waals surface area contributed by atoms with Crippen molar-refractivity contribution in [2.24, 2.45) is 5.92 Å². The Hall–Kier alpha value is -2.94. The van der Waals surface area contributed by atoms with Gasteiger partial charge in [-0.1, -0.05) is 5.16 Å². The predicted octanol–water partition coefficient (Wildman–Crippen LogP) is 4.58. The van der Waals surface area contributed by atoms with Crippen molar-refractivity contribution in [3.8, 4) is 11.1 Å². The molecule has 3 aromatic rings. The van der Waals surface area contributed by atoms with Crippen LogP contribution in [0.2, 0.25) is 0 Å². The third-order valence-electron chi connectivity index (χ3n) is 5.75. The lowest BCUT2D eigenvalue weighted by molar-refractivity contribution is 0.0459. The molecule has 176 valence electrons. The van der Waals surface area contributed by atoms with Crippen molar-refractivity contribution in [3.63, 3.8) is 0 Å². The van der Waals surface area contributed by atoms with Gasteiger partial charge in [0.25, 0.3) is 0 Å². The van der Waals surface area contributed by atoms with Gasteiger partial charge in [0.2, 0.25) is 0 Å². The SMILES string of the molecule is Cc1noc(C)c1-c1cc(S(=O)(=O)CC2CC(NC(=O)OC(C)(C)C)C2)c2cccnc2c1. The van der Waals surface area contributed by atoms with Crippen molar-refractivity contribution in [2.75, 3.05) is 5.75 Å². The number of benzene rings is 1. The molecule has 1 saturated carbocycles. The van der Waals surface area contributed by atoms with Gasteiger partial charge in [-0.15, -0.1) is 0 Å². The van der Waals surface area contributed by atoms with Crippen LogP contribution in [0.5, 0.6) is 0 Å². The Bertz CT molecular complexity index is 1280. The van der Waals surface area contributed by atoms with Crippen LogP contribution in [0.3, 0.4) is 0 Å². The second-order valence-corrected chi connectivity index (χ2v) is 11.7. The third kappa shape index (κ3) is 5.03. The van der Waals surface area contributed by atoms with Gasteiger partial charge in [-0.25, -0.2) is 13.2 Å². The number of ether oxygens (including phenoxy) is 1. The van der Waals surface area contributed by atoms with Gasteiger partial charge in [0, 0.05) is 23.2 Å². The summed E-state index contributed by atoms with van der Waals surface area (Å²) in [7, 11) is -3.60. The van der Waals surface area contributed by atoms with Gasteiger partial charge >= 0.3 is 6.09 Å². The number of sulfone groups is 1. The van der Waals surface area contributed by atoms with Crippen LogP contribution < -0.4 is 5.32 Å². The largest absolute Gasteiger partial charge is 0.444 e. The maximum Gasteiger partial charge on any atom is 0.407 e. The number of pyridine rings is 1. The standard InChI is InChI=1S/C24H29N3O5S/c1-14-22(15(2)32-27-14)17-11-20-19(7-6-8-25-20)21(12-17)33(29,30)13-16-9-18(10-16)26-23(28)31-24(3,4)5/h6-8,11-12,16,18H,9-10,13H2,1-5H3,(H,26,28). The van der Waals surface area contributed by atoms with Crippen LogP contribution in [-0.4, -0.2) is 42.0 Å². The average Bonchev–Trinajstić information content (AvgIpc) is 3.02. The van der Waals surface area contributed by atoms with Gasteiger partial charge in [-0.3, -0.25) is 4.98 Å². The molecule has 0 radical (unpaired) electrons. The van der Waals surface area contributed by atoms with E-state index in [-0.39, 0.29) is 22.6 Å². The highest BCUT2D eigenvalue weighted by molar-refractivity contribution is 7.91. The number of carbonyl (C=O) groups excluding carboxylic acids is 1. The summed E-state index contributed by atoms with van der Waals surface area (Å²) in [5.74, 6) is 0.597. The Morgan fingerprint density at radius 3 is 2.61 bits per heavy atom. The molecule has 4 rings (SSSR count). The number of hydrogen-bond acceptors (Lipinski definition) is 7. The summed E-state index contributed by atoms with van der Waals surface area (Å²) in [5, 5.41) is 7.41. The number of hydrogen-bond donors (Lipinski definition) is 1. The normalized spacial score (nSPS) is 18.7. The highest BCUT2D eigenvalue weighted by Gasteiger charge is 2.35. The Balaban J connectivity index is 1.56. The molecule has 1 aromatic carbocycles. The first-order chi connectivity index (χ1) is 15.4. The maximum absolute atomic E-state index is 13.5. The first-order valence-corrected chi connectivity index (χ1v) is 12.6. The van der Waals surface area contributed by atoms with Crippen molar-refractivity contribution in [3.05, 3.63) is 41.9 Å². The second kappa shape index (κ2) is 8.44. The average molecular weight is 472 g/mol. The van der Waals surface area contributed by atoms with E-state index >= 15 is 0 Å². The summed E-state index contributed by atoms with van der Waals surface area (Å²) in [4.78, 5) is 16.6. The summed E-state index contributed by atoms with van der Waals surface area (Å²) in [6, 6.07) is 7.00. The van der Waals surface area contributed by atoms with Crippen LogP contribution in [0.25, 0.3) is 22.0 Å². The number of aromatic nitrogens is 2. The maximum atomic E-state index is 13.5. The fraction of sp³-hybridized carbons (Fsp3) is 0.458. The van der Waals surface area contributed by atoms with Gasteiger partial charge in [-0.2, -0.15) is 0 Å². The van der Waals surface area contributed by atoms with Crippen LogP contribution >= 0.6 is 0 Å². The molecule has 0 bridgehead atoms. The van der Waals surface area contributed by atoms with Gasteiger partial charge in [0.05, 0.1) is 21.9 Å². The number of aryl methyl sites for hydroxylation is 2. The zero-order valence-corrected chi connectivity index (χ0v) is 20.3. The lowest BCUT2D eigenvalue weighted by Crippen LogP contribution is -2.47. The first kappa shape index (κ1) is 23.2. The Morgan fingerprint density at radius 1 is 1.24 bits per heavy atom. The van der Waals surface area contributed by atoms with Crippen LogP contribution in [0, 0.1) is 19.8 Å². The first-order valence-electron chi connectivity index (χ1n) is 11.0. The van der Waals surface area contributed by atoms with Gasteiger partial charge in [0.15, 0.2) is 9.84 Å². The minimum Gasteiger partial charge on any atom is -0.444 e. The molecule has 1 fully saturated rings. The molecule has 0 spiro atoms. The fourth-order valence-electron chi connectivity index (χ4n) is 4.31. The molecule has 1 amide bonds. The number of nitrogens with zero attached hydrogens (tertiary/aromatic N) is 2. The zero-order chi connectivity index (χ0) is 24.0. The van der Waals surface area contributed by atoms with E-state index in [0.29, 0.717) is 40.8 Å². The molecule has 9 heteroatoms. The van der Waals surface area contributed by atoms with Gasteiger partial charge in [-0.05, 0) is 83.2 Å². The van der Waals surface area contributed by atoms with Crippen molar-refractivity contribution in [2.45, 2.75) is 64.0 Å². The van der Waals surface area contributed by atoms with E-state index in [4.69, 9.17) is 9.26 Å². The Labute approximate surface area is 193 Å². The predicted molar refractivity (Wildman–Crippen MR) is 125 cm³/mol. The number of rotatable bonds is 5. The van der Waals surface area contributed by atoms with E-state index < -0.39 is 21.5 Å². The minimum atomic E-state index is -3.60. The number of nitrogens with one attached hydrogen (secondary N) is 1. The zero-order valence-electron chi connectivity index (χ0n) is 19.5. The topological polar surface area (TPSA) is 111 Å². The summed E-state index contributed by atoms with van der Waals surface area (Å²) >= 11 is 0. The molecule has 1 aliphatic rings. The Kier molecular flexibility index (Phi) is 5.94. The van der Waals surface area contributed by atoms with Crippen molar-refractivity contribution < 1.29 is 22.5 Å². The monoisotopic (exact) mass is 471 g/mol. The number of carbonyl (C=O) groups is 1. The quantitative estimate of drug-likeness (QED) is 0.579. The van der Waals surface area contributed by atoms with Gasteiger partial charge in [0.1, 0.15) is 11.4 Å². The van der Waals surface area contributed by atoms with E-state index in [9.17, 15) is 13.2 Å². The highest BCUT2D eigenvalue weighted by Crippen LogP contribution is 2.36. The van der Waals surface area contributed by atoms with Crippen molar-refractivity contribution in [1.82, 2.24) is 15.5 Å². The fourth-order valence-corrected chi connectivity index (χ4v) is 6.20. The van der Waals surface area contributed by atoms with Crippen molar-refractivity contribution >= 4 is 26.8 Å². The summed E-state index contributed by atoms with van der Waals surface area (Å²) in [6.07, 6.45) is 2.36. The molecule has 2 heterocycles. The van der Waals surface area contributed by atoms with E-state index in [2.05, 4.69) is 15.5 Å². The lowest BCUT2D eigenvalue weighted by atomic mass is 9.82. The van der Waals surface area contributed by atoms with Crippen molar-refractivity contribution in [1.29, 1.82) is 0 Å². The summed E-state index contributed by atoms with van der Waals surface area (Å²) in [6.45, 7) is 9.04. The van der Waals surface area contributed by atoms with Crippen LogP contribution in [0.15, 0.2) is 39.9 Å². The molecule has 33 heavy (non-hydrogen) atoms. The number of alkyl carbamates (subject to hydrolysis) is 1. The summed E-state index contributed by atoms with van der Waals surface area (Å²) in [5.41, 5.74) is 2.23. The molecular formula is C24H29N3O5S. The molecule has 8 nitrogen and oxygen atoms in total. The van der Waals surface area contributed by atoms with Crippen LogP contribution in [0.1, 0.15) is 45.1 Å². The molecule has 1 N–H and O–H groups in total. The highest BCUT2D eigenvalue weighted by atomic mass is 32.2. The molecule has 0 atom stereocenters. The number of fused-ring (bicyclic) bond motifs is 1. The second-order valence-electron chi connectivity index (χ2n) is 9.71. The van der Waals surface area contributed by atoms with E-state index in [1.54, 1.807) is 52.1 Å². The van der Waals surface area contributed by atoms with Gasteiger partial charge < -0.3 is 14.6 Å². The van der Waals surface area contributed by atoms with E-state index in [0.717, 1.165) is 5.56 Å². The molecule has 0 saturated heterocycles. The molecular weight excluding hydrogens is 442 g/mol. The molecule has 1 aliphatic carbocycles. The molecule has 0 aliphatic heterocycles. The van der Waals surface area contributed by atoms with E-state index in [1.165, 1.54) is 0 Å². The smallest absolute Gasteiger partial charge is 0.407 e.